The molecule has 0 bridgehead atoms. The molecule has 1 aromatic carbocycles. The molecule has 4 heterocycles. The van der Waals surface area contributed by atoms with Gasteiger partial charge in [0.05, 0.1) is 24.3 Å². The molecular formula is C24H31N3O2. The van der Waals surface area contributed by atoms with Crippen molar-refractivity contribution in [3.63, 3.8) is 0 Å². The van der Waals surface area contributed by atoms with Crippen LogP contribution in [0.2, 0.25) is 0 Å². The van der Waals surface area contributed by atoms with E-state index in [1.54, 1.807) is 0 Å². The lowest BCUT2D eigenvalue weighted by Crippen LogP contribution is -2.42. The highest BCUT2D eigenvalue weighted by Gasteiger charge is 2.42. The van der Waals surface area contributed by atoms with Gasteiger partial charge in [-0.15, -0.1) is 5.10 Å². The molecule has 3 aromatic rings. The molecule has 2 aromatic heterocycles. The number of nitrogens with zero attached hydrogens (tertiary/aromatic N) is 3. The first-order chi connectivity index (χ1) is 13.8. The number of pyridine rings is 1. The van der Waals surface area contributed by atoms with Gasteiger partial charge in [0.15, 0.2) is 0 Å². The van der Waals surface area contributed by atoms with E-state index in [2.05, 4.69) is 34.3 Å². The van der Waals surface area contributed by atoms with Gasteiger partial charge < -0.3 is 14.4 Å². The Balaban J connectivity index is 0.00000205. The minimum Gasteiger partial charge on any atom is -0.477 e. The maximum Gasteiger partial charge on any atom is 0.233 e. The maximum atomic E-state index is 6.26. The quantitative estimate of drug-likeness (QED) is 0.572. The molecular weight excluding hydrogens is 362 g/mol. The van der Waals surface area contributed by atoms with Gasteiger partial charge in [-0.2, -0.15) is 0 Å². The summed E-state index contributed by atoms with van der Waals surface area (Å²) >= 11 is 0. The molecule has 2 aliphatic heterocycles. The SMILES string of the molecule is C.c1ccc2c(c1)COC21CCN(CCCCOc2cc3ccccn3n2)CC1. The summed E-state index contributed by atoms with van der Waals surface area (Å²) < 4.78 is 13.9. The summed E-state index contributed by atoms with van der Waals surface area (Å²) in [6, 6.07) is 16.7. The van der Waals surface area contributed by atoms with Crippen molar-refractivity contribution in [1.29, 1.82) is 0 Å². The normalized spacial score (nSPS) is 17.9. The van der Waals surface area contributed by atoms with E-state index in [1.807, 2.05) is 35.0 Å². The van der Waals surface area contributed by atoms with Crippen LogP contribution < -0.4 is 4.74 Å². The zero-order valence-electron chi connectivity index (χ0n) is 16.2. The monoisotopic (exact) mass is 393 g/mol. The van der Waals surface area contributed by atoms with Crippen LogP contribution >= 0.6 is 0 Å². The first kappa shape index (κ1) is 19.9. The van der Waals surface area contributed by atoms with E-state index in [0.29, 0.717) is 5.88 Å². The molecule has 154 valence electrons. The van der Waals surface area contributed by atoms with E-state index in [0.717, 1.165) is 64.0 Å². The number of ether oxygens (including phenoxy) is 2. The number of unbranched alkanes of at least 4 members (excludes halogenated alkanes) is 1. The van der Waals surface area contributed by atoms with Crippen molar-refractivity contribution >= 4 is 5.52 Å². The molecule has 1 spiro atoms. The average molecular weight is 394 g/mol. The summed E-state index contributed by atoms with van der Waals surface area (Å²) in [5.74, 6) is 0.711. The molecule has 0 atom stereocenters. The summed E-state index contributed by atoms with van der Waals surface area (Å²) in [4.78, 5) is 2.57. The highest BCUT2D eigenvalue weighted by Crippen LogP contribution is 2.43. The van der Waals surface area contributed by atoms with Gasteiger partial charge in [0.1, 0.15) is 0 Å². The fourth-order valence-corrected chi connectivity index (χ4v) is 4.54. The molecule has 29 heavy (non-hydrogen) atoms. The Hall–Kier alpha value is -2.37. The second-order valence-electron chi connectivity index (χ2n) is 7.89. The lowest BCUT2D eigenvalue weighted by Gasteiger charge is -2.39. The van der Waals surface area contributed by atoms with Gasteiger partial charge in [0.25, 0.3) is 0 Å². The van der Waals surface area contributed by atoms with E-state index in [9.17, 15) is 0 Å². The lowest BCUT2D eigenvalue weighted by molar-refractivity contribution is -0.0789. The number of fused-ring (bicyclic) bond motifs is 3. The summed E-state index contributed by atoms with van der Waals surface area (Å²) in [5, 5.41) is 4.43. The van der Waals surface area contributed by atoms with Gasteiger partial charge in [0.2, 0.25) is 5.88 Å². The highest BCUT2D eigenvalue weighted by atomic mass is 16.5. The molecule has 0 radical (unpaired) electrons. The smallest absolute Gasteiger partial charge is 0.233 e. The second kappa shape index (κ2) is 8.56. The second-order valence-corrected chi connectivity index (χ2v) is 7.89. The van der Waals surface area contributed by atoms with Gasteiger partial charge in [-0.25, -0.2) is 4.52 Å². The zero-order valence-corrected chi connectivity index (χ0v) is 16.2. The van der Waals surface area contributed by atoms with Crippen LogP contribution in [0.25, 0.3) is 5.52 Å². The predicted octanol–water partition coefficient (Wildman–Crippen LogP) is 4.65. The Kier molecular flexibility index (Phi) is 5.88. The summed E-state index contributed by atoms with van der Waals surface area (Å²) in [6.07, 6.45) is 6.34. The maximum absolute atomic E-state index is 6.26. The molecule has 5 nitrogen and oxygen atoms in total. The molecule has 1 saturated heterocycles. The van der Waals surface area contributed by atoms with Crippen molar-refractivity contribution < 1.29 is 9.47 Å². The number of likely N-dealkylation sites (tertiary alicyclic amines) is 1. The minimum atomic E-state index is -0.0284. The molecule has 2 aliphatic rings. The average Bonchev–Trinajstić information content (AvgIpc) is 3.31. The van der Waals surface area contributed by atoms with Crippen LogP contribution in [0.4, 0.5) is 0 Å². The van der Waals surface area contributed by atoms with Crippen molar-refractivity contribution in [2.45, 2.75) is 45.3 Å². The molecule has 5 rings (SSSR count). The number of benzene rings is 1. The zero-order chi connectivity index (χ0) is 18.8. The molecule has 0 unspecified atom stereocenters. The lowest BCUT2D eigenvalue weighted by atomic mass is 9.84. The first-order valence-corrected chi connectivity index (χ1v) is 10.3. The molecule has 0 N–H and O–H groups in total. The van der Waals surface area contributed by atoms with Crippen LogP contribution in [0.15, 0.2) is 54.7 Å². The van der Waals surface area contributed by atoms with E-state index in [4.69, 9.17) is 9.47 Å². The minimum absolute atomic E-state index is 0. The predicted molar refractivity (Wildman–Crippen MR) is 115 cm³/mol. The van der Waals surface area contributed by atoms with Crippen LogP contribution in [-0.2, 0) is 16.9 Å². The Bertz CT molecular complexity index is 911. The summed E-state index contributed by atoms with van der Waals surface area (Å²) in [5.41, 5.74) is 3.84. The largest absolute Gasteiger partial charge is 0.477 e. The number of hydrogen-bond acceptors (Lipinski definition) is 4. The summed E-state index contributed by atoms with van der Waals surface area (Å²) in [7, 11) is 0. The molecule has 0 saturated carbocycles. The van der Waals surface area contributed by atoms with Crippen molar-refractivity contribution in [1.82, 2.24) is 14.5 Å². The standard InChI is InChI=1S/C23H27N3O2.CH4/c1-2-9-21-19(7-1)18-28-23(21)10-14-25(15-11-23)12-5-6-16-27-22-17-20-8-3-4-13-26(20)24-22;/h1-4,7-9,13,17H,5-6,10-12,14-16,18H2;1H4. The first-order valence-electron chi connectivity index (χ1n) is 10.3. The van der Waals surface area contributed by atoms with E-state index in [-0.39, 0.29) is 13.0 Å². The molecule has 0 amide bonds. The van der Waals surface area contributed by atoms with Crippen LogP contribution in [0.3, 0.4) is 0 Å². The van der Waals surface area contributed by atoms with Crippen molar-refractivity contribution in [3.8, 4) is 5.88 Å². The van der Waals surface area contributed by atoms with Crippen LogP contribution in [0.5, 0.6) is 5.88 Å². The fraction of sp³-hybridized carbons (Fsp3) is 0.458. The number of rotatable bonds is 6. The molecule has 0 aliphatic carbocycles. The number of piperidine rings is 1. The van der Waals surface area contributed by atoms with E-state index < -0.39 is 0 Å². The summed E-state index contributed by atoms with van der Waals surface area (Å²) in [6.45, 7) is 4.85. The third kappa shape index (κ3) is 4.02. The number of aromatic nitrogens is 2. The highest BCUT2D eigenvalue weighted by molar-refractivity contribution is 5.48. The Labute approximate surface area is 173 Å². The van der Waals surface area contributed by atoms with Gasteiger partial charge in [0, 0.05) is 25.4 Å². The van der Waals surface area contributed by atoms with Gasteiger partial charge in [-0.05, 0) is 55.5 Å². The van der Waals surface area contributed by atoms with Crippen molar-refractivity contribution in [3.05, 3.63) is 65.9 Å². The van der Waals surface area contributed by atoms with E-state index in [1.165, 1.54) is 11.1 Å². The molecule has 1 fully saturated rings. The Morgan fingerprint density at radius 1 is 1.03 bits per heavy atom. The third-order valence-corrected chi connectivity index (χ3v) is 6.14. The Morgan fingerprint density at radius 2 is 1.86 bits per heavy atom. The van der Waals surface area contributed by atoms with Crippen LogP contribution in [0.1, 0.15) is 44.2 Å². The van der Waals surface area contributed by atoms with Gasteiger partial charge >= 0.3 is 0 Å². The van der Waals surface area contributed by atoms with Crippen molar-refractivity contribution in [2.75, 3.05) is 26.2 Å². The van der Waals surface area contributed by atoms with Crippen LogP contribution in [0, 0.1) is 0 Å². The topological polar surface area (TPSA) is 39.0 Å². The van der Waals surface area contributed by atoms with Gasteiger partial charge in [-0.3, -0.25) is 0 Å². The fourth-order valence-electron chi connectivity index (χ4n) is 4.54. The van der Waals surface area contributed by atoms with Crippen molar-refractivity contribution in [2.24, 2.45) is 0 Å². The number of hydrogen-bond donors (Lipinski definition) is 0. The van der Waals surface area contributed by atoms with Gasteiger partial charge in [-0.1, -0.05) is 37.8 Å². The van der Waals surface area contributed by atoms with Crippen LogP contribution in [-0.4, -0.2) is 40.8 Å². The Morgan fingerprint density at radius 3 is 2.72 bits per heavy atom. The van der Waals surface area contributed by atoms with E-state index >= 15 is 0 Å². The molecule has 5 heteroatoms. The third-order valence-electron chi connectivity index (χ3n) is 6.14.